The molecule has 27 heavy (non-hydrogen) atoms. The van der Waals surface area contributed by atoms with Crippen LogP contribution >= 0.6 is 23.2 Å². The Morgan fingerprint density at radius 1 is 1.15 bits per heavy atom. The van der Waals surface area contributed by atoms with E-state index < -0.39 is 0 Å². The molecular formula is C19H21Cl2N5O. The molecule has 2 heterocycles. The summed E-state index contributed by atoms with van der Waals surface area (Å²) in [7, 11) is 0. The third-order valence-electron chi connectivity index (χ3n) is 4.60. The van der Waals surface area contributed by atoms with E-state index >= 15 is 0 Å². The predicted octanol–water partition coefficient (Wildman–Crippen LogP) is 4.63. The average Bonchev–Trinajstić information content (AvgIpc) is 3.12. The Morgan fingerprint density at radius 2 is 1.89 bits per heavy atom. The van der Waals surface area contributed by atoms with Gasteiger partial charge in [0.15, 0.2) is 0 Å². The highest BCUT2D eigenvalue weighted by Crippen LogP contribution is 2.25. The van der Waals surface area contributed by atoms with Gasteiger partial charge in [0.05, 0.1) is 35.4 Å². The van der Waals surface area contributed by atoms with Crippen LogP contribution in [0.2, 0.25) is 10.0 Å². The number of aromatic nitrogens is 4. The molecule has 8 heteroatoms. The van der Waals surface area contributed by atoms with Gasteiger partial charge in [-0.05, 0) is 45.4 Å². The van der Waals surface area contributed by atoms with E-state index in [2.05, 4.69) is 15.5 Å². The number of halogens is 2. The summed E-state index contributed by atoms with van der Waals surface area (Å²) in [5.41, 5.74) is 4.60. The number of carbonyl (C=O) groups is 1. The van der Waals surface area contributed by atoms with Crippen LogP contribution in [-0.4, -0.2) is 25.5 Å². The Hall–Kier alpha value is -2.31. The third kappa shape index (κ3) is 3.87. The van der Waals surface area contributed by atoms with Crippen molar-refractivity contribution >= 4 is 34.8 Å². The molecule has 0 saturated carbocycles. The molecule has 0 aliphatic heterocycles. The fourth-order valence-electron chi connectivity index (χ4n) is 3.01. The first-order chi connectivity index (χ1) is 12.8. The largest absolute Gasteiger partial charge is 0.319 e. The van der Waals surface area contributed by atoms with E-state index in [9.17, 15) is 4.79 Å². The predicted molar refractivity (Wildman–Crippen MR) is 108 cm³/mol. The van der Waals surface area contributed by atoms with E-state index in [-0.39, 0.29) is 5.91 Å². The minimum absolute atomic E-state index is 0.192. The van der Waals surface area contributed by atoms with Gasteiger partial charge in [-0.15, -0.1) is 0 Å². The number of nitrogens with zero attached hydrogens (tertiary/aromatic N) is 4. The smallest absolute Gasteiger partial charge is 0.259 e. The van der Waals surface area contributed by atoms with Crippen molar-refractivity contribution in [2.45, 2.75) is 40.8 Å². The summed E-state index contributed by atoms with van der Waals surface area (Å²) in [4.78, 5) is 12.7. The van der Waals surface area contributed by atoms with Crippen molar-refractivity contribution < 1.29 is 4.79 Å². The van der Waals surface area contributed by atoms with Crippen molar-refractivity contribution in [2.75, 3.05) is 5.32 Å². The second-order valence-corrected chi connectivity index (χ2v) is 7.20. The van der Waals surface area contributed by atoms with Crippen LogP contribution in [-0.2, 0) is 13.1 Å². The van der Waals surface area contributed by atoms with E-state index in [0.717, 1.165) is 29.2 Å². The number of anilines is 1. The Labute approximate surface area is 168 Å². The van der Waals surface area contributed by atoms with Gasteiger partial charge in [0, 0.05) is 22.3 Å². The molecular weight excluding hydrogens is 385 g/mol. The second kappa shape index (κ2) is 7.74. The summed E-state index contributed by atoms with van der Waals surface area (Å²) < 4.78 is 3.61. The van der Waals surface area contributed by atoms with Crippen LogP contribution in [0.25, 0.3) is 0 Å². The minimum atomic E-state index is -0.192. The van der Waals surface area contributed by atoms with Gasteiger partial charge in [-0.1, -0.05) is 29.3 Å². The zero-order chi connectivity index (χ0) is 19.7. The maximum atomic E-state index is 12.7. The second-order valence-electron chi connectivity index (χ2n) is 6.35. The fourth-order valence-corrected chi connectivity index (χ4v) is 3.48. The lowest BCUT2D eigenvalue weighted by Crippen LogP contribution is -2.14. The van der Waals surface area contributed by atoms with Gasteiger partial charge in [0.2, 0.25) is 0 Å². The molecule has 0 atom stereocenters. The van der Waals surface area contributed by atoms with Crippen molar-refractivity contribution in [2.24, 2.45) is 0 Å². The van der Waals surface area contributed by atoms with Gasteiger partial charge in [-0.2, -0.15) is 10.2 Å². The summed E-state index contributed by atoms with van der Waals surface area (Å²) in [5, 5.41) is 12.9. The number of hydrogen-bond donors (Lipinski definition) is 1. The molecule has 6 nitrogen and oxygen atoms in total. The van der Waals surface area contributed by atoms with E-state index in [1.54, 1.807) is 23.0 Å². The summed E-state index contributed by atoms with van der Waals surface area (Å²) >= 11 is 12.2. The quantitative estimate of drug-likeness (QED) is 0.672. The number of aryl methyl sites for hydroxylation is 2. The van der Waals surface area contributed by atoms with Gasteiger partial charge in [-0.25, -0.2) is 0 Å². The molecule has 2 aromatic heterocycles. The summed E-state index contributed by atoms with van der Waals surface area (Å²) in [6.45, 7) is 8.87. The molecule has 0 aliphatic rings. The topological polar surface area (TPSA) is 64.7 Å². The van der Waals surface area contributed by atoms with Crippen LogP contribution in [0.15, 0.2) is 24.4 Å². The Morgan fingerprint density at radius 3 is 2.52 bits per heavy atom. The number of amides is 1. The molecule has 3 rings (SSSR count). The van der Waals surface area contributed by atoms with Crippen molar-refractivity contribution in [1.82, 2.24) is 19.6 Å². The van der Waals surface area contributed by atoms with E-state index in [1.807, 2.05) is 38.4 Å². The molecule has 1 aromatic carbocycles. The van der Waals surface area contributed by atoms with Gasteiger partial charge in [-0.3, -0.25) is 14.2 Å². The van der Waals surface area contributed by atoms with E-state index in [1.165, 1.54) is 0 Å². The SMILES string of the molecule is CCn1ncc(C(=O)Nc2c(C)nn(Cc3ccc(Cl)cc3Cl)c2C)c1C. The zero-order valence-corrected chi connectivity index (χ0v) is 17.2. The van der Waals surface area contributed by atoms with Crippen molar-refractivity contribution in [3.63, 3.8) is 0 Å². The summed E-state index contributed by atoms with van der Waals surface area (Å²) in [5.74, 6) is -0.192. The molecule has 0 saturated heterocycles. The van der Waals surface area contributed by atoms with E-state index in [4.69, 9.17) is 23.2 Å². The maximum Gasteiger partial charge on any atom is 0.259 e. The third-order valence-corrected chi connectivity index (χ3v) is 5.19. The van der Waals surface area contributed by atoms with Gasteiger partial charge >= 0.3 is 0 Å². The van der Waals surface area contributed by atoms with Crippen LogP contribution in [0, 0.1) is 20.8 Å². The lowest BCUT2D eigenvalue weighted by molar-refractivity contribution is 0.102. The standard InChI is InChI=1S/C19H21Cl2N5O/c1-5-25-12(3)16(9-22-25)19(27)23-18-11(2)24-26(13(18)4)10-14-6-7-15(20)8-17(14)21/h6-9H,5,10H2,1-4H3,(H,23,27). The van der Waals surface area contributed by atoms with Gasteiger partial charge < -0.3 is 5.32 Å². The highest BCUT2D eigenvalue weighted by atomic mass is 35.5. The molecule has 0 aliphatic carbocycles. The van der Waals surface area contributed by atoms with Gasteiger partial charge in [0.1, 0.15) is 0 Å². The number of hydrogen-bond acceptors (Lipinski definition) is 3. The van der Waals surface area contributed by atoms with Crippen LogP contribution in [0.5, 0.6) is 0 Å². The lowest BCUT2D eigenvalue weighted by Gasteiger charge is -2.09. The first-order valence-electron chi connectivity index (χ1n) is 8.63. The maximum absolute atomic E-state index is 12.7. The van der Waals surface area contributed by atoms with Crippen molar-refractivity contribution in [3.8, 4) is 0 Å². The molecule has 0 unspecified atom stereocenters. The molecule has 1 N–H and O–H groups in total. The average molecular weight is 406 g/mol. The van der Waals surface area contributed by atoms with Crippen molar-refractivity contribution in [1.29, 1.82) is 0 Å². The molecule has 3 aromatic rings. The molecule has 0 bridgehead atoms. The first kappa shape index (κ1) is 19.5. The number of nitrogens with one attached hydrogen (secondary N) is 1. The Bertz CT molecular complexity index is 1010. The summed E-state index contributed by atoms with van der Waals surface area (Å²) in [6, 6.07) is 5.38. The zero-order valence-electron chi connectivity index (χ0n) is 15.7. The van der Waals surface area contributed by atoms with Gasteiger partial charge in [0.25, 0.3) is 5.91 Å². The highest BCUT2D eigenvalue weighted by Gasteiger charge is 2.19. The molecule has 0 radical (unpaired) electrons. The number of benzene rings is 1. The normalized spacial score (nSPS) is 11.0. The van der Waals surface area contributed by atoms with Crippen molar-refractivity contribution in [3.05, 3.63) is 62.6 Å². The number of rotatable bonds is 5. The Balaban J connectivity index is 1.85. The highest BCUT2D eigenvalue weighted by molar-refractivity contribution is 6.35. The summed E-state index contributed by atoms with van der Waals surface area (Å²) in [6.07, 6.45) is 1.59. The monoisotopic (exact) mass is 405 g/mol. The molecule has 1 amide bonds. The van der Waals surface area contributed by atoms with Crippen LogP contribution in [0.1, 0.15) is 39.9 Å². The first-order valence-corrected chi connectivity index (χ1v) is 9.39. The van der Waals surface area contributed by atoms with E-state index in [0.29, 0.717) is 27.8 Å². The molecule has 142 valence electrons. The lowest BCUT2D eigenvalue weighted by atomic mass is 10.2. The fraction of sp³-hybridized carbons (Fsp3) is 0.316. The molecule has 0 fully saturated rings. The minimum Gasteiger partial charge on any atom is -0.319 e. The Kier molecular flexibility index (Phi) is 5.58. The number of carbonyl (C=O) groups excluding carboxylic acids is 1. The van der Waals surface area contributed by atoms with Crippen LogP contribution in [0.4, 0.5) is 5.69 Å². The molecule has 0 spiro atoms. The van der Waals surface area contributed by atoms with Crippen LogP contribution < -0.4 is 5.32 Å². The van der Waals surface area contributed by atoms with Crippen LogP contribution in [0.3, 0.4) is 0 Å².